The molecule has 0 aliphatic rings. The number of hydrogen-bond donors (Lipinski definition) is 0. The van der Waals surface area contributed by atoms with E-state index in [2.05, 4.69) is 20.9 Å². The summed E-state index contributed by atoms with van der Waals surface area (Å²) in [5.41, 5.74) is 0. The monoisotopic (exact) mass is 210 g/mol. The van der Waals surface area contributed by atoms with Crippen molar-refractivity contribution in [2.75, 3.05) is 12.5 Å². The number of halogens is 2. The standard InChI is InChI=1S/C4H4Cl2O4.Na.H/c5-1-3(7)9-2-4(8)10-6;;/h1-2H2;;/q;+1;-1. The van der Waals surface area contributed by atoms with Crippen molar-refractivity contribution in [1.29, 1.82) is 0 Å². The van der Waals surface area contributed by atoms with E-state index in [1.165, 1.54) is 0 Å². The number of esters is 1. The normalized spacial score (nSPS) is 7.82. The maximum atomic E-state index is 10.2. The molecular formula is C4H5Cl2NaO4. The van der Waals surface area contributed by atoms with Gasteiger partial charge in [-0.3, -0.25) is 4.79 Å². The molecule has 0 aromatic rings. The van der Waals surface area contributed by atoms with Gasteiger partial charge >= 0.3 is 41.5 Å². The Bertz CT molecular complexity index is 129. The molecule has 0 amide bonds. The summed E-state index contributed by atoms with van der Waals surface area (Å²) < 4.78 is 7.87. The molecule has 0 spiro atoms. The van der Waals surface area contributed by atoms with Gasteiger partial charge in [-0.25, -0.2) is 4.79 Å². The molecule has 0 aliphatic carbocycles. The van der Waals surface area contributed by atoms with E-state index >= 15 is 0 Å². The third-order valence-electron chi connectivity index (χ3n) is 0.546. The van der Waals surface area contributed by atoms with Crippen LogP contribution in [0.1, 0.15) is 1.43 Å². The summed E-state index contributed by atoms with van der Waals surface area (Å²) >= 11 is 9.62. The van der Waals surface area contributed by atoms with E-state index in [0.29, 0.717) is 0 Å². The van der Waals surface area contributed by atoms with Crippen LogP contribution in [0.5, 0.6) is 0 Å². The van der Waals surface area contributed by atoms with Crippen LogP contribution in [0, 0.1) is 0 Å². The van der Waals surface area contributed by atoms with Crippen molar-refractivity contribution >= 4 is 35.4 Å². The molecule has 0 fully saturated rings. The van der Waals surface area contributed by atoms with Gasteiger partial charge in [0.1, 0.15) is 17.7 Å². The van der Waals surface area contributed by atoms with E-state index in [1.54, 1.807) is 0 Å². The molecule has 0 radical (unpaired) electrons. The van der Waals surface area contributed by atoms with Gasteiger partial charge in [-0.1, -0.05) is 0 Å². The first-order chi connectivity index (χ1) is 4.70. The van der Waals surface area contributed by atoms with Gasteiger partial charge in [0.25, 0.3) is 0 Å². The largest absolute Gasteiger partial charge is 1.00 e. The molecule has 0 aliphatic heterocycles. The molecule has 0 heterocycles. The van der Waals surface area contributed by atoms with E-state index in [1.807, 2.05) is 0 Å². The van der Waals surface area contributed by atoms with Gasteiger partial charge in [0.05, 0.1) is 0 Å². The minimum atomic E-state index is -0.833. The maximum absolute atomic E-state index is 10.2. The van der Waals surface area contributed by atoms with Crippen molar-refractivity contribution in [3.8, 4) is 0 Å². The number of rotatable bonds is 3. The van der Waals surface area contributed by atoms with Gasteiger partial charge in [-0.05, 0) is 0 Å². The third-order valence-corrected chi connectivity index (χ3v) is 0.936. The molecule has 7 heteroatoms. The Balaban J connectivity index is -0.000000405. The van der Waals surface area contributed by atoms with Gasteiger partial charge < -0.3 is 10.5 Å². The molecule has 0 rings (SSSR count). The van der Waals surface area contributed by atoms with Crippen LogP contribution in [0.25, 0.3) is 0 Å². The number of hydrogen-bond acceptors (Lipinski definition) is 4. The summed E-state index contributed by atoms with van der Waals surface area (Å²) in [6, 6.07) is 0. The van der Waals surface area contributed by atoms with Crippen LogP contribution in [-0.4, -0.2) is 24.4 Å². The van der Waals surface area contributed by atoms with Crippen molar-refractivity contribution in [1.82, 2.24) is 0 Å². The van der Waals surface area contributed by atoms with Crippen molar-refractivity contribution in [3.63, 3.8) is 0 Å². The van der Waals surface area contributed by atoms with Gasteiger partial charge in [0.15, 0.2) is 6.61 Å². The van der Waals surface area contributed by atoms with Crippen molar-refractivity contribution in [2.45, 2.75) is 0 Å². The summed E-state index contributed by atoms with van der Waals surface area (Å²) in [7, 11) is 0. The van der Waals surface area contributed by atoms with E-state index in [4.69, 9.17) is 11.6 Å². The average molecular weight is 211 g/mol. The average Bonchev–Trinajstić information content (AvgIpc) is 1.99. The second-order valence-corrected chi connectivity index (χ2v) is 1.67. The molecule has 0 N–H and O–H groups in total. The molecular weight excluding hydrogens is 206 g/mol. The van der Waals surface area contributed by atoms with Crippen LogP contribution in [0.3, 0.4) is 0 Å². The van der Waals surface area contributed by atoms with Crippen LogP contribution in [0.2, 0.25) is 0 Å². The Morgan fingerprint density at radius 3 is 2.27 bits per heavy atom. The Kier molecular flexibility index (Phi) is 11.0. The number of carbonyl (C=O) groups is 2. The van der Waals surface area contributed by atoms with Crippen molar-refractivity contribution < 1.29 is 49.6 Å². The molecule has 0 atom stereocenters. The fraction of sp³-hybridized carbons (Fsp3) is 0.500. The first kappa shape index (κ1) is 14.1. The fourth-order valence-corrected chi connectivity index (χ4v) is 0.322. The molecule has 0 bridgehead atoms. The van der Waals surface area contributed by atoms with Crippen LogP contribution in [-0.2, 0) is 18.6 Å². The summed E-state index contributed by atoms with van der Waals surface area (Å²) in [4.78, 5) is 20.4. The molecule has 0 aromatic heterocycles. The Hall–Kier alpha value is 0.520. The summed E-state index contributed by atoms with van der Waals surface area (Å²) in [5.74, 6) is -1.82. The first-order valence-electron chi connectivity index (χ1n) is 2.23. The van der Waals surface area contributed by atoms with Gasteiger partial charge in [0, 0.05) is 0 Å². The van der Waals surface area contributed by atoms with E-state index in [9.17, 15) is 9.59 Å². The van der Waals surface area contributed by atoms with Crippen LogP contribution < -0.4 is 29.6 Å². The van der Waals surface area contributed by atoms with Gasteiger partial charge in [-0.15, -0.1) is 11.6 Å². The predicted molar refractivity (Wildman–Crippen MR) is 34.7 cm³/mol. The third kappa shape index (κ3) is 8.43. The molecule has 60 valence electrons. The molecule has 4 nitrogen and oxygen atoms in total. The van der Waals surface area contributed by atoms with Crippen molar-refractivity contribution in [3.05, 3.63) is 0 Å². The minimum Gasteiger partial charge on any atom is -1.00 e. The zero-order chi connectivity index (χ0) is 7.98. The molecule has 0 saturated carbocycles. The SMILES string of the molecule is O=C(COC(=O)CCl)OCl.[H-].[Na+]. The zero-order valence-corrected chi connectivity index (χ0v) is 9.31. The molecule has 0 saturated heterocycles. The number of alkyl halides is 1. The second kappa shape index (κ2) is 8.62. The van der Waals surface area contributed by atoms with E-state index in [-0.39, 0.29) is 36.9 Å². The van der Waals surface area contributed by atoms with Gasteiger partial charge in [0.2, 0.25) is 0 Å². The smallest absolute Gasteiger partial charge is 1.00 e. The molecule has 0 unspecified atom stereocenters. The van der Waals surface area contributed by atoms with Crippen LogP contribution in [0.4, 0.5) is 0 Å². The van der Waals surface area contributed by atoms with Crippen LogP contribution >= 0.6 is 23.5 Å². The molecule has 0 aromatic carbocycles. The minimum absolute atomic E-state index is 0. The van der Waals surface area contributed by atoms with Crippen LogP contribution in [0.15, 0.2) is 0 Å². The topological polar surface area (TPSA) is 52.6 Å². The second-order valence-electron chi connectivity index (χ2n) is 1.24. The zero-order valence-electron chi connectivity index (χ0n) is 6.80. The number of ether oxygens (including phenoxy) is 1. The van der Waals surface area contributed by atoms with Gasteiger partial charge in [-0.2, -0.15) is 0 Å². The van der Waals surface area contributed by atoms with E-state index < -0.39 is 18.5 Å². The van der Waals surface area contributed by atoms with E-state index in [0.717, 1.165) is 0 Å². The maximum Gasteiger partial charge on any atom is 1.00 e. The summed E-state index contributed by atoms with van der Waals surface area (Å²) in [6.45, 7) is -0.505. The van der Waals surface area contributed by atoms with Crippen molar-refractivity contribution in [2.24, 2.45) is 0 Å². The Morgan fingerprint density at radius 1 is 1.36 bits per heavy atom. The first-order valence-corrected chi connectivity index (χ1v) is 3.08. The summed E-state index contributed by atoms with van der Waals surface area (Å²) in [5, 5.41) is 0. The number of carbonyl (C=O) groups excluding carboxylic acids is 2. The Labute approximate surface area is 97.1 Å². The summed E-state index contributed by atoms with van der Waals surface area (Å²) in [6.07, 6.45) is 0. The Morgan fingerprint density at radius 2 is 1.91 bits per heavy atom. The predicted octanol–water partition coefficient (Wildman–Crippen LogP) is -2.42. The molecule has 11 heavy (non-hydrogen) atoms. The quantitative estimate of drug-likeness (QED) is 0.296. The fourth-order valence-electron chi connectivity index (χ4n) is 0.200.